The van der Waals surface area contributed by atoms with Crippen LogP contribution in [-0.4, -0.2) is 18.9 Å². The van der Waals surface area contributed by atoms with E-state index in [0.29, 0.717) is 5.92 Å². The summed E-state index contributed by atoms with van der Waals surface area (Å²) < 4.78 is 4.88. The third-order valence-electron chi connectivity index (χ3n) is 5.82. The van der Waals surface area contributed by atoms with Crippen LogP contribution in [0.4, 0.5) is 0 Å². The maximum absolute atomic E-state index is 11.8. The van der Waals surface area contributed by atoms with Crippen molar-refractivity contribution >= 4 is 17.4 Å². The predicted molar refractivity (Wildman–Crippen MR) is 116 cm³/mol. The average Bonchev–Trinajstić information content (AvgIpc) is 2.63. The zero-order chi connectivity index (χ0) is 20.9. The van der Waals surface area contributed by atoms with Gasteiger partial charge < -0.3 is 10.5 Å². The lowest BCUT2D eigenvalue weighted by Crippen LogP contribution is -2.25. The van der Waals surface area contributed by atoms with Crippen molar-refractivity contribution in [2.45, 2.75) is 59.8 Å². The number of benzene rings is 1. The highest BCUT2D eigenvalue weighted by Crippen LogP contribution is 2.40. The Morgan fingerprint density at radius 2 is 1.89 bits per heavy atom. The molecule has 1 atom stereocenters. The standard InChI is InChI=1S/C24H34N2O2/c1-6-16(2)21(19-14-20(15-19)22(25)26)18-11-9-17(10-12-18)8-7-13-24(3,4)23(27)28-5/h9-12,14,19H,6-8,13,15H2,1-5H3,(H3,25,26)/b21-16-. The Labute approximate surface area is 169 Å². The first-order chi connectivity index (χ1) is 13.2. The number of rotatable bonds is 9. The minimum atomic E-state index is -0.437. The van der Waals surface area contributed by atoms with Gasteiger partial charge in [-0.25, -0.2) is 0 Å². The Bertz CT molecular complexity index is 785. The summed E-state index contributed by atoms with van der Waals surface area (Å²) in [5.41, 5.74) is 11.4. The Hall–Kier alpha value is -2.36. The number of amidine groups is 1. The van der Waals surface area contributed by atoms with Crippen molar-refractivity contribution in [3.63, 3.8) is 0 Å². The van der Waals surface area contributed by atoms with Gasteiger partial charge in [-0.1, -0.05) is 42.8 Å². The highest BCUT2D eigenvalue weighted by atomic mass is 16.5. The molecule has 1 aliphatic carbocycles. The van der Waals surface area contributed by atoms with Crippen LogP contribution in [0.25, 0.3) is 5.57 Å². The van der Waals surface area contributed by atoms with Gasteiger partial charge in [0.25, 0.3) is 0 Å². The van der Waals surface area contributed by atoms with E-state index in [-0.39, 0.29) is 11.8 Å². The van der Waals surface area contributed by atoms with Crippen molar-refractivity contribution in [1.82, 2.24) is 0 Å². The molecular formula is C24H34N2O2. The van der Waals surface area contributed by atoms with Crippen LogP contribution in [0, 0.1) is 16.7 Å². The molecule has 152 valence electrons. The average molecular weight is 383 g/mol. The largest absolute Gasteiger partial charge is 0.469 e. The summed E-state index contributed by atoms with van der Waals surface area (Å²) in [5.74, 6) is 0.395. The van der Waals surface area contributed by atoms with Crippen molar-refractivity contribution in [3.8, 4) is 0 Å². The van der Waals surface area contributed by atoms with Crippen LogP contribution in [0.1, 0.15) is 64.5 Å². The Kier molecular flexibility index (Phi) is 7.22. The number of carbonyl (C=O) groups excluding carboxylic acids is 1. The molecule has 1 aliphatic rings. The molecule has 1 unspecified atom stereocenters. The quantitative estimate of drug-likeness (QED) is 0.347. The maximum Gasteiger partial charge on any atom is 0.311 e. The second kappa shape index (κ2) is 9.22. The highest BCUT2D eigenvalue weighted by molar-refractivity contribution is 5.97. The zero-order valence-electron chi connectivity index (χ0n) is 17.9. The van der Waals surface area contributed by atoms with Crippen molar-refractivity contribution in [1.29, 1.82) is 5.41 Å². The van der Waals surface area contributed by atoms with E-state index in [1.54, 1.807) is 0 Å². The molecule has 0 radical (unpaired) electrons. The molecule has 28 heavy (non-hydrogen) atoms. The first-order valence-electron chi connectivity index (χ1n) is 10.1. The molecule has 0 aliphatic heterocycles. The smallest absolute Gasteiger partial charge is 0.311 e. The van der Waals surface area contributed by atoms with Gasteiger partial charge in [0.05, 0.1) is 12.5 Å². The molecule has 0 bridgehead atoms. The van der Waals surface area contributed by atoms with Crippen molar-refractivity contribution in [2.24, 2.45) is 17.1 Å². The molecule has 0 aromatic heterocycles. The van der Waals surface area contributed by atoms with Gasteiger partial charge in [0.1, 0.15) is 5.84 Å². The Morgan fingerprint density at radius 3 is 2.39 bits per heavy atom. The summed E-state index contributed by atoms with van der Waals surface area (Å²) in [6.07, 6.45) is 6.70. The van der Waals surface area contributed by atoms with Crippen LogP contribution < -0.4 is 5.73 Å². The Balaban J connectivity index is 2.06. The second-order valence-electron chi connectivity index (χ2n) is 8.39. The van der Waals surface area contributed by atoms with E-state index in [2.05, 4.69) is 44.2 Å². The monoisotopic (exact) mass is 382 g/mol. The molecule has 0 amide bonds. The number of ether oxygens (including phenoxy) is 1. The van der Waals surface area contributed by atoms with Crippen LogP contribution in [0.15, 0.2) is 41.5 Å². The molecule has 3 N–H and O–H groups in total. The van der Waals surface area contributed by atoms with Crippen LogP contribution in [0.2, 0.25) is 0 Å². The molecular weight excluding hydrogens is 348 g/mol. The number of allylic oxidation sites excluding steroid dienone is 3. The molecule has 2 rings (SSSR count). The topological polar surface area (TPSA) is 76.2 Å². The SMILES string of the molecule is CC/C(C)=C(/c1ccc(CCCC(C)(C)C(=O)OC)cc1)C1C=C(C(=N)N)C1. The Morgan fingerprint density at radius 1 is 1.29 bits per heavy atom. The van der Waals surface area contributed by atoms with Gasteiger partial charge in [-0.3, -0.25) is 10.2 Å². The van der Waals surface area contributed by atoms with Crippen LogP contribution in [-0.2, 0) is 16.0 Å². The van der Waals surface area contributed by atoms with Gasteiger partial charge in [-0.2, -0.15) is 0 Å². The van der Waals surface area contributed by atoms with Gasteiger partial charge in [0.2, 0.25) is 0 Å². The van der Waals surface area contributed by atoms with E-state index in [1.807, 2.05) is 13.8 Å². The fourth-order valence-electron chi connectivity index (χ4n) is 3.76. The van der Waals surface area contributed by atoms with Gasteiger partial charge >= 0.3 is 5.97 Å². The van der Waals surface area contributed by atoms with Gasteiger partial charge in [-0.15, -0.1) is 0 Å². The first kappa shape index (κ1) is 21.9. The summed E-state index contributed by atoms with van der Waals surface area (Å²) in [6.45, 7) is 8.25. The lowest BCUT2D eigenvalue weighted by atomic mass is 9.76. The first-order valence-corrected chi connectivity index (χ1v) is 10.1. The van der Waals surface area contributed by atoms with Crippen molar-refractivity contribution in [3.05, 3.63) is 52.6 Å². The third-order valence-corrected chi connectivity index (χ3v) is 5.82. The van der Waals surface area contributed by atoms with Gasteiger partial charge in [-0.05, 0) is 75.1 Å². The van der Waals surface area contributed by atoms with E-state index >= 15 is 0 Å². The predicted octanol–water partition coefficient (Wildman–Crippen LogP) is 5.27. The molecule has 0 fully saturated rings. The maximum atomic E-state index is 11.8. The molecule has 4 nitrogen and oxygen atoms in total. The van der Waals surface area contributed by atoms with Gasteiger partial charge in [0, 0.05) is 5.92 Å². The van der Waals surface area contributed by atoms with E-state index in [1.165, 1.54) is 29.4 Å². The number of aryl methyl sites for hydroxylation is 1. The molecule has 0 heterocycles. The van der Waals surface area contributed by atoms with Gasteiger partial charge in [0.15, 0.2) is 0 Å². The van der Waals surface area contributed by atoms with Crippen LogP contribution in [0.5, 0.6) is 0 Å². The summed E-state index contributed by atoms with van der Waals surface area (Å²) in [4.78, 5) is 11.8. The van der Waals surface area contributed by atoms with Crippen LogP contribution in [0.3, 0.4) is 0 Å². The van der Waals surface area contributed by atoms with Crippen molar-refractivity contribution in [2.75, 3.05) is 7.11 Å². The van der Waals surface area contributed by atoms with E-state index in [4.69, 9.17) is 15.9 Å². The van der Waals surface area contributed by atoms with E-state index in [0.717, 1.165) is 37.7 Å². The molecule has 0 spiro atoms. The highest BCUT2D eigenvalue weighted by Gasteiger charge is 2.28. The molecule has 0 saturated heterocycles. The fraction of sp³-hybridized carbons (Fsp3) is 0.500. The lowest BCUT2D eigenvalue weighted by Gasteiger charge is -2.29. The number of methoxy groups -OCH3 is 1. The van der Waals surface area contributed by atoms with Crippen molar-refractivity contribution < 1.29 is 9.53 Å². The minimum Gasteiger partial charge on any atom is -0.469 e. The normalized spacial score (nSPS) is 17.3. The minimum absolute atomic E-state index is 0.147. The molecule has 0 saturated carbocycles. The summed E-state index contributed by atoms with van der Waals surface area (Å²) in [5, 5.41) is 7.58. The second-order valence-corrected chi connectivity index (χ2v) is 8.39. The summed E-state index contributed by atoms with van der Waals surface area (Å²) in [6, 6.07) is 8.79. The molecule has 1 aromatic rings. The number of nitrogens with two attached hydrogens (primary N) is 1. The number of esters is 1. The molecule has 1 aromatic carbocycles. The molecule has 4 heteroatoms. The number of carbonyl (C=O) groups is 1. The third kappa shape index (κ3) is 5.12. The van der Waals surface area contributed by atoms with Crippen LogP contribution >= 0.6 is 0 Å². The lowest BCUT2D eigenvalue weighted by molar-refractivity contribution is -0.151. The number of hydrogen-bond acceptors (Lipinski definition) is 3. The number of nitrogens with one attached hydrogen (secondary N) is 1. The van der Waals surface area contributed by atoms with E-state index in [9.17, 15) is 4.79 Å². The van der Waals surface area contributed by atoms with E-state index < -0.39 is 5.41 Å². The fourth-order valence-corrected chi connectivity index (χ4v) is 3.76. The number of hydrogen-bond donors (Lipinski definition) is 2. The summed E-state index contributed by atoms with van der Waals surface area (Å²) >= 11 is 0. The summed E-state index contributed by atoms with van der Waals surface area (Å²) in [7, 11) is 1.45. The zero-order valence-corrected chi connectivity index (χ0v) is 17.9.